The van der Waals surface area contributed by atoms with Crippen LogP contribution in [0.15, 0.2) is 41.0 Å². The van der Waals surface area contributed by atoms with Gasteiger partial charge in [-0.25, -0.2) is 4.39 Å². The summed E-state index contributed by atoms with van der Waals surface area (Å²) in [6.45, 7) is 0. The minimum atomic E-state index is -0.930. The molecular formula is C12H7FN2O2. The minimum absolute atomic E-state index is 0.0559. The molecule has 1 aliphatic heterocycles. The van der Waals surface area contributed by atoms with Crippen LogP contribution in [0, 0.1) is 17.1 Å². The SMILES string of the molecule is N#CC1=CN=CC(Oc2ccc(F)cc2)C1=O. The molecule has 2 rings (SSSR count). The highest BCUT2D eigenvalue weighted by atomic mass is 19.1. The van der Waals surface area contributed by atoms with Gasteiger partial charge < -0.3 is 4.74 Å². The van der Waals surface area contributed by atoms with Gasteiger partial charge in [0.15, 0.2) is 6.10 Å². The number of ether oxygens (including phenoxy) is 1. The van der Waals surface area contributed by atoms with E-state index in [0.29, 0.717) is 5.75 Å². The lowest BCUT2D eigenvalue weighted by Gasteiger charge is -2.15. The number of Topliss-reactive ketones (excluding diaryl/α,β-unsaturated/α-hetero) is 1. The maximum Gasteiger partial charge on any atom is 0.220 e. The molecule has 0 amide bonds. The largest absolute Gasteiger partial charge is 0.476 e. The maximum absolute atomic E-state index is 12.7. The van der Waals surface area contributed by atoms with E-state index in [1.165, 1.54) is 36.7 Å². The number of nitrogens with zero attached hydrogens (tertiary/aromatic N) is 2. The Labute approximate surface area is 96.7 Å². The lowest BCUT2D eigenvalue weighted by atomic mass is 10.1. The molecule has 0 aliphatic carbocycles. The predicted octanol–water partition coefficient (Wildman–Crippen LogP) is 1.63. The average molecular weight is 230 g/mol. The first-order valence-electron chi connectivity index (χ1n) is 4.80. The Morgan fingerprint density at radius 2 is 2.06 bits per heavy atom. The summed E-state index contributed by atoms with van der Waals surface area (Å²) >= 11 is 0. The number of benzene rings is 1. The van der Waals surface area contributed by atoms with E-state index in [2.05, 4.69) is 4.99 Å². The van der Waals surface area contributed by atoms with Crippen molar-refractivity contribution in [1.29, 1.82) is 5.26 Å². The lowest BCUT2D eigenvalue weighted by Crippen LogP contribution is -2.31. The van der Waals surface area contributed by atoms with Gasteiger partial charge in [0.25, 0.3) is 0 Å². The minimum Gasteiger partial charge on any atom is -0.476 e. The number of halogens is 1. The highest BCUT2D eigenvalue weighted by molar-refractivity contribution is 6.12. The molecule has 0 saturated heterocycles. The van der Waals surface area contributed by atoms with Crippen LogP contribution in [0.3, 0.4) is 0 Å². The smallest absolute Gasteiger partial charge is 0.220 e. The van der Waals surface area contributed by atoms with Crippen LogP contribution in [0.4, 0.5) is 4.39 Å². The predicted molar refractivity (Wildman–Crippen MR) is 58.0 cm³/mol. The zero-order valence-corrected chi connectivity index (χ0v) is 8.63. The summed E-state index contributed by atoms with van der Waals surface area (Å²) in [6, 6.07) is 6.99. The number of hydrogen-bond acceptors (Lipinski definition) is 4. The van der Waals surface area contributed by atoms with Crippen LogP contribution >= 0.6 is 0 Å². The van der Waals surface area contributed by atoms with E-state index in [1.807, 2.05) is 0 Å². The van der Waals surface area contributed by atoms with Crippen molar-refractivity contribution >= 4 is 12.0 Å². The Morgan fingerprint density at radius 1 is 1.35 bits per heavy atom. The molecule has 0 N–H and O–H groups in total. The van der Waals surface area contributed by atoms with E-state index in [4.69, 9.17) is 10.00 Å². The number of rotatable bonds is 2. The number of hydrogen-bond donors (Lipinski definition) is 0. The third-order valence-corrected chi connectivity index (χ3v) is 2.15. The maximum atomic E-state index is 12.7. The van der Waals surface area contributed by atoms with Crippen LogP contribution in [-0.4, -0.2) is 18.1 Å². The number of carbonyl (C=O) groups is 1. The number of nitriles is 1. The lowest BCUT2D eigenvalue weighted by molar-refractivity contribution is -0.119. The quantitative estimate of drug-likeness (QED) is 0.775. The van der Waals surface area contributed by atoms with Gasteiger partial charge in [-0.15, -0.1) is 0 Å². The van der Waals surface area contributed by atoms with Crippen molar-refractivity contribution in [1.82, 2.24) is 0 Å². The number of aliphatic imine (C=N–C) groups is 1. The fourth-order valence-electron chi connectivity index (χ4n) is 1.31. The van der Waals surface area contributed by atoms with E-state index in [9.17, 15) is 9.18 Å². The van der Waals surface area contributed by atoms with Gasteiger partial charge in [0.2, 0.25) is 5.78 Å². The Balaban J connectivity index is 2.14. The Hall–Kier alpha value is -2.48. The van der Waals surface area contributed by atoms with E-state index in [-0.39, 0.29) is 5.57 Å². The first-order chi connectivity index (χ1) is 8.20. The topological polar surface area (TPSA) is 62.4 Å². The standard InChI is InChI=1S/C12H7FN2O2/c13-9-1-3-10(4-2-9)17-11-7-15-6-8(5-14)12(11)16/h1-4,6-7,11H. The summed E-state index contributed by atoms with van der Waals surface area (Å²) in [6.07, 6.45) is 1.56. The molecule has 1 heterocycles. The van der Waals surface area contributed by atoms with Crippen LogP contribution in [0.25, 0.3) is 0 Å². The molecule has 5 heteroatoms. The Morgan fingerprint density at radius 3 is 2.71 bits per heavy atom. The van der Waals surface area contributed by atoms with Crippen LogP contribution in [0.5, 0.6) is 5.75 Å². The molecule has 1 aromatic rings. The van der Waals surface area contributed by atoms with Gasteiger partial charge in [-0.1, -0.05) is 0 Å². The summed E-state index contributed by atoms with van der Waals surface area (Å²) < 4.78 is 18.0. The first-order valence-corrected chi connectivity index (χ1v) is 4.80. The molecule has 0 spiro atoms. The highest BCUT2D eigenvalue weighted by Gasteiger charge is 2.24. The normalized spacial score (nSPS) is 18.5. The van der Waals surface area contributed by atoms with Gasteiger partial charge in [-0.2, -0.15) is 5.26 Å². The molecule has 1 unspecified atom stereocenters. The van der Waals surface area contributed by atoms with Crippen LogP contribution in [-0.2, 0) is 4.79 Å². The molecule has 1 aliphatic rings. The monoisotopic (exact) mass is 230 g/mol. The van der Waals surface area contributed by atoms with Crippen molar-refractivity contribution in [2.45, 2.75) is 6.10 Å². The Kier molecular flexibility index (Phi) is 2.97. The van der Waals surface area contributed by atoms with Gasteiger partial charge in [0.05, 0.1) is 6.21 Å². The van der Waals surface area contributed by atoms with Crippen LogP contribution < -0.4 is 4.74 Å². The van der Waals surface area contributed by atoms with Crippen molar-refractivity contribution < 1.29 is 13.9 Å². The summed E-state index contributed by atoms with van der Waals surface area (Å²) in [5.41, 5.74) is -0.0559. The van der Waals surface area contributed by atoms with E-state index < -0.39 is 17.7 Å². The van der Waals surface area contributed by atoms with Crippen molar-refractivity contribution in [3.05, 3.63) is 41.9 Å². The molecule has 4 nitrogen and oxygen atoms in total. The molecule has 17 heavy (non-hydrogen) atoms. The van der Waals surface area contributed by atoms with Crippen molar-refractivity contribution in [2.24, 2.45) is 4.99 Å². The molecule has 1 aromatic carbocycles. The average Bonchev–Trinajstić information content (AvgIpc) is 2.35. The summed E-state index contributed by atoms with van der Waals surface area (Å²) in [7, 11) is 0. The van der Waals surface area contributed by atoms with Crippen molar-refractivity contribution in [3.63, 3.8) is 0 Å². The molecule has 0 bridgehead atoms. The van der Waals surface area contributed by atoms with E-state index in [0.717, 1.165) is 0 Å². The molecule has 0 saturated carbocycles. The van der Waals surface area contributed by atoms with Crippen LogP contribution in [0.1, 0.15) is 0 Å². The van der Waals surface area contributed by atoms with Gasteiger partial charge in [0.1, 0.15) is 23.2 Å². The first kappa shape index (κ1) is 11.0. The molecule has 0 aromatic heterocycles. The second-order valence-electron chi connectivity index (χ2n) is 3.31. The van der Waals surface area contributed by atoms with E-state index in [1.54, 1.807) is 6.07 Å². The van der Waals surface area contributed by atoms with Gasteiger partial charge in [-0.3, -0.25) is 9.79 Å². The fraction of sp³-hybridized carbons (Fsp3) is 0.0833. The number of carbonyl (C=O) groups excluding carboxylic acids is 1. The van der Waals surface area contributed by atoms with Crippen molar-refractivity contribution in [3.8, 4) is 11.8 Å². The molecule has 0 fully saturated rings. The van der Waals surface area contributed by atoms with Gasteiger partial charge >= 0.3 is 0 Å². The summed E-state index contributed by atoms with van der Waals surface area (Å²) in [4.78, 5) is 15.4. The van der Waals surface area contributed by atoms with Gasteiger partial charge in [0, 0.05) is 6.20 Å². The summed E-state index contributed by atoms with van der Waals surface area (Å²) in [5.74, 6) is -0.499. The van der Waals surface area contributed by atoms with Crippen LogP contribution in [0.2, 0.25) is 0 Å². The third kappa shape index (κ3) is 2.37. The zero-order valence-electron chi connectivity index (χ0n) is 8.63. The Bertz CT molecular complexity index is 541. The molecular weight excluding hydrogens is 223 g/mol. The number of ketones is 1. The fourth-order valence-corrected chi connectivity index (χ4v) is 1.31. The molecule has 0 radical (unpaired) electrons. The van der Waals surface area contributed by atoms with Crippen molar-refractivity contribution in [2.75, 3.05) is 0 Å². The summed E-state index contributed by atoms with van der Waals surface area (Å²) in [5, 5.41) is 8.66. The second kappa shape index (κ2) is 4.58. The third-order valence-electron chi connectivity index (χ3n) is 2.15. The van der Waals surface area contributed by atoms with Gasteiger partial charge in [-0.05, 0) is 24.3 Å². The molecule has 1 atom stereocenters. The molecule has 84 valence electrons. The second-order valence-corrected chi connectivity index (χ2v) is 3.31. The highest BCUT2D eigenvalue weighted by Crippen LogP contribution is 2.15. The zero-order chi connectivity index (χ0) is 12.3. The van der Waals surface area contributed by atoms with E-state index >= 15 is 0 Å².